The molecule has 0 spiro atoms. The maximum atomic E-state index is 13.5. The zero-order chi connectivity index (χ0) is 13.0. The molecule has 2 unspecified atom stereocenters. The zero-order valence-electron chi connectivity index (χ0n) is 10.7. The van der Waals surface area contributed by atoms with Gasteiger partial charge in [0.1, 0.15) is 0 Å². The standard InChI is InChI=1S/C14H20FNO2/c1-18-14-6-5-10(8-12(14)15)13(17)9-11-4-2-3-7-16-11/h5-6,8,11,13,16-17H,2-4,7,9H2,1H3. The molecule has 4 heteroatoms. The molecule has 1 fully saturated rings. The summed E-state index contributed by atoms with van der Waals surface area (Å²) in [4.78, 5) is 0. The Kier molecular flexibility index (Phi) is 4.55. The van der Waals surface area contributed by atoms with Gasteiger partial charge in [0.25, 0.3) is 0 Å². The average molecular weight is 253 g/mol. The van der Waals surface area contributed by atoms with Crippen LogP contribution in [0.15, 0.2) is 18.2 Å². The van der Waals surface area contributed by atoms with E-state index in [1.165, 1.54) is 26.0 Å². The molecule has 18 heavy (non-hydrogen) atoms. The van der Waals surface area contributed by atoms with Crippen molar-refractivity contribution in [1.82, 2.24) is 5.32 Å². The number of benzene rings is 1. The van der Waals surface area contributed by atoms with Crippen molar-refractivity contribution < 1.29 is 14.2 Å². The molecule has 0 radical (unpaired) electrons. The van der Waals surface area contributed by atoms with Gasteiger partial charge >= 0.3 is 0 Å². The first kappa shape index (κ1) is 13.3. The Morgan fingerprint density at radius 1 is 1.50 bits per heavy atom. The summed E-state index contributed by atoms with van der Waals surface area (Å²) in [7, 11) is 1.43. The first-order chi connectivity index (χ1) is 8.70. The summed E-state index contributed by atoms with van der Waals surface area (Å²) in [6, 6.07) is 4.96. The lowest BCUT2D eigenvalue weighted by Crippen LogP contribution is -2.35. The molecule has 0 aromatic heterocycles. The van der Waals surface area contributed by atoms with E-state index in [1.807, 2.05) is 0 Å². The van der Waals surface area contributed by atoms with Gasteiger partial charge in [-0.3, -0.25) is 0 Å². The van der Waals surface area contributed by atoms with Gasteiger partial charge in [0.05, 0.1) is 13.2 Å². The molecule has 0 bridgehead atoms. The van der Waals surface area contributed by atoms with Gasteiger partial charge in [-0.15, -0.1) is 0 Å². The van der Waals surface area contributed by atoms with Crippen molar-refractivity contribution in [2.75, 3.05) is 13.7 Å². The van der Waals surface area contributed by atoms with E-state index in [2.05, 4.69) is 5.32 Å². The number of halogens is 1. The van der Waals surface area contributed by atoms with E-state index in [1.54, 1.807) is 12.1 Å². The van der Waals surface area contributed by atoms with Crippen molar-refractivity contribution in [2.24, 2.45) is 0 Å². The Morgan fingerprint density at radius 3 is 2.94 bits per heavy atom. The second-order valence-corrected chi connectivity index (χ2v) is 4.79. The third kappa shape index (κ3) is 3.21. The Bertz CT molecular complexity index is 391. The van der Waals surface area contributed by atoms with Gasteiger partial charge in [-0.05, 0) is 43.5 Å². The topological polar surface area (TPSA) is 41.5 Å². The maximum absolute atomic E-state index is 13.5. The van der Waals surface area contributed by atoms with Crippen LogP contribution in [0, 0.1) is 5.82 Å². The number of rotatable bonds is 4. The van der Waals surface area contributed by atoms with E-state index in [0.29, 0.717) is 18.0 Å². The minimum Gasteiger partial charge on any atom is -0.494 e. The van der Waals surface area contributed by atoms with Crippen LogP contribution in [0.4, 0.5) is 4.39 Å². The Labute approximate surface area is 107 Å². The van der Waals surface area contributed by atoms with Crippen molar-refractivity contribution >= 4 is 0 Å². The van der Waals surface area contributed by atoms with Gasteiger partial charge in [-0.1, -0.05) is 12.5 Å². The van der Waals surface area contributed by atoms with Gasteiger partial charge in [0, 0.05) is 6.04 Å². The first-order valence-electron chi connectivity index (χ1n) is 6.45. The van der Waals surface area contributed by atoms with Crippen molar-refractivity contribution in [3.8, 4) is 5.75 Å². The van der Waals surface area contributed by atoms with Crippen LogP contribution in [0.2, 0.25) is 0 Å². The van der Waals surface area contributed by atoms with Crippen LogP contribution in [0.1, 0.15) is 37.4 Å². The summed E-state index contributed by atoms with van der Waals surface area (Å²) in [5, 5.41) is 13.5. The minimum atomic E-state index is -0.624. The Morgan fingerprint density at radius 2 is 2.33 bits per heavy atom. The van der Waals surface area contributed by atoms with Crippen molar-refractivity contribution in [2.45, 2.75) is 37.8 Å². The Balaban J connectivity index is 1.99. The molecule has 2 rings (SSSR count). The molecule has 1 aromatic carbocycles. The molecule has 2 atom stereocenters. The van der Waals surface area contributed by atoms with Crippen molar-refractivity contribution in [3.63, 3.8) is 0 Å². The van der Waals surface area contributed by atoms with Crippen LogP contribution in [0.5, 0.6) is 5.75 Å². The van der Waals surface area contributed by atoms with Crippen LogP contribution < -0.4 is 10.1 Å². The molecule has 2 N–H and O–H groups in total. The fraction of sp³-hybridized carbons (Fsp3) is 0.571. The first-order valence-corrected chi connectivity index (χ1v) is 6.45. The highest BCUT2D eigenvalue weighted by atomic mass is 19.1. The summed E-state index contributed by atoms with van der Waals surface area (Å²) in [5.74, 6) is -0.215. The van der Waals surface area contributed by atoms with E-state index in [-0.39, 0.29) is 5.75 Å². The lowest BCUT2D eigenvalue weighted by atomic mass is 9.96. The SMILES string of the molecule is COc1ccc(C(O)CC2CCCCN2)cc1F. The largest absolute Gasteiger partial charge is 0.494 e. The van der Waals surface area contributed by atoms with Gasteiger partial charge in [-0.25, -0.2) is 4.39 Å². The predicted octanol–water partition coefficient (Wildman–Crippen LogP) is 2.40. The van der Waals surface area contributed by atoms with Crippen LogP contribution in [-0.2, 0) is 0 Å². The predicted molar refractivity (Wildman–Crippen MR) is 68.2 cm³/mol. The highest BCUT2D eigenvalue weighted by molar-refractivity contribution is 5.30. The number of hydrogen-bond donors (Lipinski definition) is 2. The third-order valence-electron chi connectivity index (χ3n) is 3.48. The highest BCUT2D eigenvalue weighted by Gasteiger charge is 2.18. The van der Waals surface area contributed by atoms with Gasteiger partial charge in [0.15, 0.2) is 11.6 Å². The molecule has 0 amide bonds. The van der Waals surface area contributed by atoms with E-state index in [4.69, 9.17) is 4.74 Å². The number of nitrogens with one attached hydrogen (secondary N) is 1. The van der Waals surface area contributed by atoms with Crippen LogP contribution in [0.25, 0.3) is 0 Å². The summed E-state index contributed by atoms with van der Waals surface area (Å²) in [6.45, 7) is 1.01. The normalized spacial score (nSPS) is 21.6. The molecule has 1 saturated heterocycles. The zero-order valence-corrected chi connectivity index (χ0v) is 10.7. The second kappa shape index (κ2) is 6.16. The van der Waals surface area contributed by atoms with Gasteiger partial charge in [0.2, 0.25) is 0 Å². The Hall–Kier alpha value is -1.13. The van der Waals surface area contributed by atoms with E-state index in [9.17, 15) is 9.50 Å². The summed E-state index contributed by atoms with van der Waals surface area (Å²) in [5.41, 5.74) is 0.612. The minimum absolute atomic E-state index is 0.210. The average Bonchev–Trinajstić information content (AvgIpc) is 2.39. The second-order valence-electron chi connectivity index (χ2n) is 4.79. The number of ether oxygens (including phenoxy) is 1. The summed E-state index contributed by atoms with van der Waals surface area (Å²) < 4.78 is 18.4. The molecule has 0 saturated carbocycles. The molecular formula is C14H20FNO2. The monoisotopic (exact) mass is 253 g/mol. The lowest BCUT2D eigenvalue weighted by molar-refractivity contribution is 0.144. The molecule has 100 valence electrons. The molecule has 1 aliphatic heterocycles. The fourth-order valence-electron chi connectivity index (χ4n) is 2.42. The molecule has 1 heterocycles. The quantitative estimate of drug-likeness (QED) is 0.865. The summed E-state index contributed by atoms with van der Waals surface area (Å²) >= 11 is 0. The van der Waals surface area contributed by atoms with E-state index >= 15 is 0 Å². The molecule has 0 aliphatic carbocycles. The number of hydrogen-bond acceptors (Lipinski definition) is 3. The van der Waals surface area contributed by atoms with Gasteiger partial charge in [-0.2, -0.15) is 0 Å². The molecule has 1 aromatic rings. The lowest BCUT2D eigenvalue weighted by Gasteiger charge is -2.25. The number of methoxy groups -OCH3 is 1. The molecule has 3 nitrogen and oxygen atoms in total. The fourth-order valence-corrected chi connectivity index (χ4v) is 2.42. The molecule has 1 aliphatic rings. The highest BCUT2D eigenvalue weighted by Crippen LogP contribution is 2.26. The van der Waals surface area contributed by atoms with Crippen molar-refractivity contribution in [1.29, 1.82) is 0 Å². The van der Waals surface area contributed by atoms with Crippen LogP contribution >= 0.6 is 0 Å². The molecular weight excluding hydrogens is 233 g/mol. The van der Waals surface area contributed by atoms with Gasteiger partial charge < -0.3 is 15.2 Å². The van der Waals surface area contributed by atoms with E-state index in [0.717, 1.165) is 13.0 Å². The van der Waals surface area contributed by atoms with Crippen molar-refractivity contribution in [3.05, 3.63) is 29.6 Å². The van der Waals surface area contributed by atoms with E-state index < -0.39 is 11.9 Å². The van der Waals surface area contributed by atoms with Crippen LogP contribution in [0.3, 0.4) is 0 Å². The number of aliphatic hydroxyl groups is 1. The van der Waals surface area contributed by atoms with Crippen LogP contribution in [-0.4, -0.2) is 24.8 Å². The number of piperidine rings is 1. The maximum Gasteiger partial charge on any atom is 0.165 e. The third-order valence-corrected chi connectivity index (χ3v) is 3.48. The smallest absolute Gasteiger partial charge is 0.165 e. The summed E-state index contributed by atoms with van der Waals surface area (Å²) in [6.07, 6.45) is 3.48. The number of aliphatic hydroxyl groups excluding tert-OH is 1.